The van der Waals surface area contributed by atoms with Gasteiger partial charge < -0.3 is 15.4 Å². The van der Waals surface area contributed by atoms with E-state index in [0.717, 1.165) is 24.1 Å². The molecule has 0 bridgehead atoms. The van der Waals surface area contributed by atoms with Crippen molar-refractivity contribution in [2.24, 2.45) is 0 Å². The molecule has 1 atom stereocenters. The Morgan fingerprint density at radius 2 is 2.17 bits per heavy atom. The van der Waals surface area contributed by atoms with Crippen LogP contribution in [0.5, 0.6) is 0 Å². The minimum Gasteiger partial charge on any atom is -0.368 e. The summed E-state index contributed by atoms with van der Waals surface area (Å²) in [6, 6.07) is 12.1. The Morgan fingerprint density at radius 3 is 2.96 bits per heavy atom. The Labute approximate surface area is 133 Å². The van der Waals surface area contributed by atoms with Crippen LogP contribution in [-0.4, -0.2) is 23.6 Å². The van der Waals surface area contributed by atoms with Crippen LogP contribution >= 0.6 is 0 Å². The quantitative estimate of drug-likeness (QED) is 0.833. The molecule has 1 aliphatic heterocycles. The third-order valence-corrected chi connectivity index (χ3v) is 3.61. The molecule has 5 nitrogen and oxygen atoms in total. The predicted octanol–water partition coefficient (Wildman–Crippen LogP) is 2.95. The van der Waals surface area contributed by atoms with Crippen molar-refractivity contribution in [3.8, 4) is 0 Å². The summed E-state index contributed by atoms with van der Waals surface area (Å²) in [7, 11) is 0. The number of benzene rings is 1. The smallest absolute Gasteiger partial charge is 0.253 e. The van der Waals surface area contributed by atoms with Crippen LogP contribution in [0, 0.1) is 5.95 Å². The SMILES string of the molecule is O=C(Nc1cccc(CNc2cccc(F)n2)c1)C1CCCO1. The zero-order valence-corrected chi connectivity index (χ0v) is 12.6. The fourth-order valence-electron chi connectivity index (χ4n) is 2.47. The van der Waals surface area contributed by atoms with Gasteiger partial charge in [0.1, 0.15) is 11.9 Å². The normalized spacial score (nSPS) is 17.0. The number of nitrogens with one attached hydrogen (secondary N) is 2. The number of anilines is 2. The van der Waals surface area contributed by atoms with Crippen molar-refractivity contribution < 1.29 is 13.9 Å². The van der Waals surface area contributed by atoms with E-state index in [0.29, 0.717) is 19.0 Å². The van der Waals surface area contributed by atoms with Crippen LogP contribution in [0.4, 0.5) is 15.9 Å². The van der Waals surface area contributed by atoms with Gasteiger partial charge in [0.25, 0.3) is 5.91 Å². The largest absolute Gasteiger partial charge is 0.368 e. The Bertz CT molecular complexity index is 687. The van der Waals surface area contributed by atoms with Gasteiger partial charge in [-0.2, -0.15) is 4.39 Å². The number of nitrogens with zero attached hydrogens (tertiary/aromatic N) is 1. The Morgan fingerprint density at radius 1 is 1.30 bits per heavy atom. The van der Waals surface area contributed by atoms with Gasteiger partial charge >= 0.3 is 0 Å². The van der Waals surface area contributed by atoms with Crippen LogP contribution < -0.4 is 10.6 Å². The first-order chi connectivity index (χ1) is 11.2. The van der Waals surface area contributed by atoms with Crippen molar-refractivity contribution in [1.82, 2.24) is 4.98 Å². The molecule has 0 saturated carbocycles. The zero-order valence-electron chi connectivity index (χ0n) is 12.6. The molecule has 2 aromatic rings. The van der Waals surface area contributed by atoms with E-state index in [9.17, 15) is 9.18 Å². The summed E-state index contributed by atoms with van der Waals surface area (Å²) >= 11 is 0. The fraction of sp³-hybridized carbons (Fsp3) is 0.294. The summed E-state index contributed by atoms with van der Waals surface area (Å²) in [5.41, 5.74) is 1.68. The topological polar surface area (TPSA) is 63.2 Å². The van der Waals surface area contributed by atoms with Gasteiger partial charge in [0, 0.05) is 18.8 Å². The van der Waals surface area contributed by atoms with E-state index in [1.165, 1.54) is 6.07 Å². The number of aromatic nitrogens is 1. The van der Waals surface area contributed by atoms with Gasteiger partial charge in [0.05, 0.1) is 0 Å². The van der Waals surface area contributed by atoms with E-state index in [-0.39, 0.29) is 12.0 Å². The molecule has 1 amide bonds. The first-order valence-electron chi connectivity index (χ1n) is 7.58. The highest BCUT2D eigenvalue weighted by atomic mass is 19.1. The van der Waals surface area contributed by atoms with Crippen molar-refractivity contribution in [2.75, 3.05) is 17.2 Å². The number of hydrogen-bond acceptors (Lipinski definition) is 4. The van der Waals surface area contributed by atoms with Gasteiger partial charge in [-0.15, -0.1) is 0 Å². The van der Waals surface area contributed by atoms with Gasteiger partial charge in [0.2, 0.25) is 5.95 Å². The van der Waals surface area contributed by atoms with Crippen LogP contribution in [0.25, 0.3) is 0 Å². The van der Waals surface area contributed by atoms with E-state index >= 15 is 0 Å². The molecular formula is C17H18FN3O2. The lowest BCUT2D eigenvalue weighted by Crippen LogP contribution is -2.26. The minimum absolute atomic E-state index is 0.112. The molecule has 3 rings (SSSR count). The lowest BCUT2D eigenvalue weighted by molar-refractivity contribution is -0.124. The second-order valence-electron chi connectivity index (χ2n) is 5.39. The van der Waals surface area contributed by atoms with Crippen LogP contribution in [0.2, 0.25) is 0 Å². The Hall–Kier alpha value is -2.47. The zero-order chi connectivity index (χ0) is 16.1. The summed E-state index contributed by atoms with van der Waals surface area (Å²) < 4.78 is 18.4. The lowest BCUT2D eigenvalue weighted by atomic mass is 10.2. The van der Waals surface area contributed by atoms with E-state index in [1.54, 1.807) is 12.1 Å². The maximum atomic E-state index is 13.0. The molecule has 1 aliphatic rings. The molecule has 0 spiro atoms. The number of amides is 1. The summed E-state index contributed by atoms with van der Waals surface area (Å²) in [5.74, 6) is -0.161. The van der Waals surface area contributed by atoms with Gasteiger partial charge in [-0.05, 0) is 42.7 Å². The molecule has 1 aromatic heterocycles. The number of carbonyl (C=O) groups excluding carboxylic acids is 1. The molecule has 1 aromatic carbocycles. The molecule has 6 heteroatoms. The monoisotopic (exact) mass is 315 g/mol. The molecular weight excluding hydrogens is 297 g/mol. The fourth-order valence-corrected chi connectivity index (χ4v) is 2.47. The summed E-state index contributed by atoms with van der Waals surface area (Å²) in [4.78, 5) is 15.8. The van der Waals surface area contributed by atoms with Crippen molar-refractivity contribution in [3.05, 3.63) is 54.0 Å². The minimum atomic E-state index is -0.521. The van der Waals surface area contributed by atoms with Crippen molar-refractivity contribution in [1.29, 1.82) is 0 Å². The number of hydrogen-bond donors (Lipinski definition) is 2. The van der Waals surface area contributed by atoms with Crippen LogP contribution in [-0.2, 0) is 16.1 Å². The number of halogens is 1. The molecule has 2 heterocycles. The van der Waals surface area contributed by atoms with Gasteiger partial charge in [-0.1, -0.05) is 18.2 Å². The number of carbonyl (C=O) groups is 1. The summed E-state index contributed by atoms with van der Waals surface area (Å²) in [6.45, 7) is 1.13. The van der Waals surface area contributed by atoms with Gasteiger partial charge in [-0.25, -0.2) is 4.98 Å². The molecule has 1 unspecified atom stereocenters. The lowest BCUT2D eigenvalue weighted by Gasteiger charge is -2.12. The van der Waals surface area contributed by atoms with Crippen LogP contribution in [0.3, 0.4) is 0 Å². The first kappa shape index (κ1) is 15.4. The third kappa shape index (κ3) is 4.26. The van der Waals surface area contributed by atoms with Crippen molar-refractivity contribution in [3.63, 3.8) is 0 Å². The van der Waals surface area contributed by atoms with E-state index in [2.05, 4.69) is 15.6 Å². The van der Waals surface area contributed by atoms with Crippen LogP contribution in [0.1, 0.15) is 18.4 Å². The number of rotatable bonds is 5. The molecule has 23 heavy (non-hydrogen) atoms. The molecule has 2 N–H and O–H groups in total. The number of ether oxygens (including phenoxy) is 1. The second-order valence-corrected chi connectivity index (χ2v) is 5.39. The highest BCUT2D eigenvalue weighted by Gasteiger charge is 2.23. The highest BCUT2D eigenvalue weighted by molar-refractivity contribution is 5.94. The van der Waals surface area contributed by atoms with Crippen molar-refractivity contribution >= 4 is 17.4 Å². The first-order valence-corrected chi connectivity index (χ1v) is 7.58. The molecule has 1 fully saturated rings. The molecule has 0 radical (unpaired) electrons. The van der Waals surface area contributed by atoms with Gasteiger partial charge in [-0.3, -0.25) is 4.79 Å². The highest BCUT2D eigenvalue weighted by Crippen LogP contribution is 2.17. The Balaban J connectivity index is 1.59. The predicted molar refractivity (Wildman–Crippen MR) is 85.6 cm³/mol. The summed E-state index contributed by atoms with van der Waals surface area (Å²) in [5, 5.41) is 5.91. The van der Waals surface area contributed by atoms with E-state index < -0.39 is 5.95 Å². The average molecular weight is 315 g/mol. The van der Waals surface area contributed by atoms with Crippen LogP contribution in [0.15, 0.2) is 42.5 Å². The summed E-state index contributed by atoms with van der Waals surface area (Å²) in [6.07, 6.45) is 1.33. The third-order valence-electron chi connectivity index (χ3n) is 3.61. The molecule has 1 saturated heterocycles. The second kappa shape index (κ2) is 7.19. The number of pyridine rings is 1. The molecule has 120 valence electrons. The van der Waals surface area contributed by atoms with E-state index in [4.69, 9.17) is 4.74 Å². The standard InChI is InChI=1S/C17H18FN3O2/c18-15-7-2-8-16(21-15)19-11-12-4-1-5-13(10-12)20-17(22)14-6-3-9-23-14/h1-2,4-5,7-8,10,14H,3,6,9,11H2,(H,19,21)(H,20,22). The molecule has 0 aliphatic carbocycles. The van der Waals surface area contributed by atoms with Crippen molar-refractivity contribution in [2.45, 2.75) is 25.5 Å². The van der Waals surface area contributed by atoms with E-state index in [1.807, 2.05) is 24.3 Å². The average Bonchev–Trinajstić information content (AvgIpc) is 3.08. The van der Waals surface area contributed by atoms with Gasteiger partial charge in [0.15, 0.2) is 0 Å². The Kier molecular flexibility index (Phi) is 4.83. The maximum Gasteiger partial charge on any atom is 0.253 e. The maximum absolute atomic E-state index is 13.0.